The first-order valence-corrected chi connectivity index (χ1v) is 10.7. The van der Waals surface area contributed by atoms with Gasteiger partial charge in [0.2, 0.25) is 5.91 Å². The van der Waals surface area contributed by atoms with Crippen LogP contribution in [0.1, 0.15) is 24.5 Å². The number of hydrogen-bond donors (Lipinski definition) is 2. The maximum atomic E-state index is 12.6. The number of aromatic amines is 1. The number of benzene rings is 2. The molecular formula is C23H24ClN3O3. The number of carbonyl (C=O) groups excluding carboxylic acids is 1. The Hall–Kier alpha value is -2.70. The van der Waals surface area contributed by atoms with E-state index in [1.54, 1.807) is 12.1 Å². The van der Waals surface area contributed by atoms with E-state index in [1.165, 1.54) is 16.6 Å². The Labute approximate surface area is 180 Å². The zero-order chi connectivity index (χ0) is 20.5. The monoisotopic (exact) mass is 425 g/mol. The number of fused-ring (bicyclic) bond motifs is 2. The molecule has 0 bridgehead atoms. The average molecular weight is 426 g/mol. The summed E-state index contributed by atoms with van der Waals surface area (Å²) in [6.45, 7) is 3.13. The molecule has 156 valence electrons. The third kappa shape index (κ3) is 3.98. The Morgan fingerprint density at radius 3 is 2.60 bits per heavy atom. The zero-order valence-corrected chi connectivity index (χ0v) is 17.4. The molecule has 0 aliphatic carbocycles. The molecular weight excluding hydrogens is 402 g/mol. The molecule has 1 aromatic heterocycles. The smallest absolute Gasteiger partial charge is 0.238 e. The number of para-hydroxylation sites is 1. The molecule has 3 aromatic rings. The van der Waals surface area contributed by atoms with E-state index in [4.69, 9.17) is 21.1 Å². The van der Waals surface area contributed by atoms with Crippen molar-refractivity contribution in [2.75, 3.05) is 38.2 Å². The SMILES string of the molecule is O=C(CN1CCC(c2cc3ccccc3[nH]2)CC1)Nc1cc2c(cc1Cl)OCCO2. The van der Waals surface area contributed by atoms with Crippen molar-refractivity contribution in [3.63, 3.8) is 0 Å². The molecule has 6 nitrogen and oxygen atoms in total. The highest BCUT2D eigenvalue weighted by Gasteiger charge is 2.24. The Morgan fingerprint density at radius 2 is 1.83 bits per heavy atom. The van der Waals surface area contributed by atoms with Crippen LogP contribution in [0, 0.1) is 0 Å². The highest BCUT2D eigenvalue weighted by atomic mass is 35.5. The molecule has 2 aliphatic heterocycles. The fourth-order valence-corrected chi connectivity index (χ4v) is 4.47. The van der Waals surface area contributed by atoms with Crippen LogP contribution in [0.15, 0.2) is 42.5 Å². The van der Waals surface area contributed by atoms with Crippen LogP contribution < -0.4 is 14.8 Å². The molecule has 2 aliphatic rings. The number of halogens is 1. The summed E-state index contributed by atoms with van der Waals surface area (Å²) in [5.74, 6) is 1.66. The number of H-pyrrole nitrogens is 1. The summed E-state index contributed by atoms with van der Waals surface area (Å²) >= 11 is 6.30. The topological polar surface area (TPSA) is 66.6 Å². The second-order valence-electron chi connectivity index (χ2n) is 7.89. The van der Waals surface area contributed by atoms with Crippen molar-refractivity contribution >= 4 is 34.1 Å². The molecule has 1 fully saturated rings. The van der Waals surface area contributed by atoms with Crippen LogP contribution in [0.25, 0.3) is 10.9 Å². The van der Waals surface area contributed by atoms with Gasteiger partial charge in [0.25, 0.3) is 0 Å². The lowest BCUT2D eigenvalue weighted by Crippen LogP contribution is -2.38. The lowest BCUT2D eigenvalue weighted by Gasteiger charge is -2.31. The first-order valence-electron chi connectivity index (χ1n) is 10.3. The first-order chi connectivity index (χ1) is 14.7. The molecule has 1 amide bonds. The predicted octanol–water partition coefficient (Wildman–Crippen LogP) is 4.41. The molecule has 0 radical (unpaired) electrons. The van der Waals surface area contributed by atoms with Crippen LogP contribution in [0.5, 0.6) is 11.5 Å². The molecule has 0 saturated carbocycles. The summed E-state index contributed by atoms with van der Waals surface area (Å²) in [5, 5.41) is 4.62. The minimum absolute atomic E-state index is 0.0716. The number of aromatic nitrogens is 1. The van der Waals surface area contributed by atoms with Crippen molar-refractivity contribution < 1.29 is 14.3 Å². The first kappa shape index (κ1) is 19.3. The van der Waals surface area contributed by atoms with Crippen molar-refractivity contribution in [2.45, 2.75) is 18.8 Å². The van der Waals surface area contributed by atoms with Crippen LogP contribution in [0.4, 0.5) is 5.69 Å². The van der Waals surface area contributed by atoms with Crippen LogP contribution in [0.2, 0.25) is 5.02 Å². The Balaban J connectivity index is 1.17. The number of piperidine rings is 1. The van der Waals surface area contributed by atoms with Crippen molar-refractivity contribution in [1.82, 2.24) is 9.88 Å². The van der Waals surface area contributed by atoms with Crippen LogP contribution in [-0.4, -0.2) is 48.6 Å². The summed E-state index contributed by atoms with van der Waals surface area (Å²) in [5.41, 5.74) is 3.04. The van der Waals surface area contributed by atoms with Crippen LogP contribution >= 0.6 is 11.6 Å². The highest BCUT2D eigenvalue weighted by molar-refractivity contribution is 6.34. The van der Waals surface area contributed by atoms with E-state index in [0.717, 1.165) is 25.9 Å². The van der Waals surface area contributed by atoms with E-state index >= 15 is 0 Å². The third-order valence-corrected chi connectivity index (χ3v) is 6.16. The largest absolute Gasteiger partial charge is 0.486 e. The van der Waals surface area contributed by atoms with Gasteiger partial charge in [-0.15, -0.1) is 0 Å². The molecule has 0 atom stereocenters. The Bertz CT molecular complexity index is 1040. The van der Waals surface area contributed by atoms with Gasteiger partial charge in [-0.25, -0.2) is 0 Å². The fraction of sp³-hybridized carbons (Fsp3) is 0.348. The quantitative estimate of drug-likeness (QED) is 0.649. The summed E-state index contributed by atoms with van der Waals surface area (Å²) in [6, 6.07) is 14.0. The lowest BCUT2D eigenvalue weighted by molar-refractivity contribution is -0.117. The van der Waals surface area contributed by atoms with Gasteiger partial charge in [0.1, 0.15) is 13.2 Å². The van der Waals surface area contributed by atoms with Gasteiger partial charge in [0, 0.05) is 29.3 Å². The van der Waals surface area contributed by atoms with E-state index in [9.17, 15) is 4.79 Å². The molecule has 7 heteroatoms. The summed E-state index contributed by atoms with van der Waals surface area (Å²) in [6.07, 6.45) is 2.07. The zero-order valence-electron chi connectivity index (χ0n) is 16.6. The molecule has 0 unspecified atom stereocenters. The Morgan fingerprint density at radius 1 is 1.10 bits per heavy atom. The number of ether oxygens (including phenoxy) is 2. The molecule has 1 saturated heterocycles. The summed E-state index contributed by atoms with van der Waals surface area (Å²) in [4.78, 5) is 18.3. The van der Waals surface area contributed by atoms with Crippen molar-refractivity contribution in [3.8, 4) is 11.5 Å². The highest BCUT2D eigenvalue weighted by Crippen LogP contribution is 2.38. The van der Waals surface area contributed by atoms with Crippen LogP contribution in [0.3, 0.4) is 0 Å². The minimum atomic E-state index is -0.0716. The van der Waals surface area contributed by atoms with E-state index in [1.807, 2.05) is 0 Å². The number of anilines is 1. The maximum absolute atomic E-state index is 12.6. The lowest BCUT2D eigenvalue weighted by atomic mass is 9.93. The normalized spacial score (nSPS) is 17.2. The third-order valence-electron chi connectivity index (χ3n) is 5.85. The predicted molar refractivity (Wildman–Crippen MR) is 118 cm³/mol. The number of amides is 1. The van der Waals surface area contributed by atoms with Crippen molar-refractivity contribution in [1.29, 1.82) is 0 Å². The van der Waals surface area contributed by atoms with Gasteiger partial charge in [-0.2, -0.15) is 0 Å². The average Bonchev–Trinajstić information content (AvgIpc) is 3.19. The standard InChI is InChI=1S/C23H24ClN3O3/c24-17-12-21-22(30-10-9-29-21)13-20(17)26-23(28)14-27-7-5-15(6-8-27)19-11-16-3-1-2-4-18(16)25-19/h1-4,11-13,15,25H,5-10,14H2,(H,26,28). The van der Waals surface area contributed by atoms with E-state index in [2.05, 4.69) is 45.5 Å². The van der Waals surface area contributed by atoms with Gasteiger partial charge in [0.15, 0.2) is 11.5 Å². The van der Waals surface area contributed by atoms with Gasteiger partial charge in [-0.05, 0) is 43.5 Å². The number of hydrogen-bond acceptors (Lipinski definition) is 4. The van der Waals surface area contributed by atoms with Gasteiger partial charge in [0.05, 0.1) is 17.3 Å². The number of nitrogens with zero attached hydrogens (tertiary/aromatic N) is 1. The van der Waals surface area contributed by atoms with Gasteiger partial charge in [-0.1, -0.05) is 29.8 Å². The maximum Gasteiger partial charge on any atom is 0.238 e. The summed E-state index contributed by atoms with van der Waals surface area (Å²) in [7, 11) is 0. The van der Waals surface area contributed by atoms with Gasteiger partial charge >= 0.3 is 0 Å². The Kier molecular flexibility index (Phi) is 5.27. The molecule has 2 aromatic carbocycles. The fourth-order valence-electron chi connectivity index (χ4n) is 4.27. The second kappa shape index (κ2) is 8.20. The molecule has 0 spiro atoms. The number of likely N-dealkylation sites (tertiary alicyclic amines) is 1. The van der Waals surface area contributed by atoms with E-state index < -0.39 is 0 Å². The second-order valence-corrected chi connectivity index (χ2v) is 8.29. The van der Waals surface area contributed by atoms with Gasteiger partial charge < -0.3 is 19.8 Å². The number of rotatable bonds is 4. The van der Waals surface area contributed by atoms with E-state index in [0.29, 0.717) is 47.9 Å². The number of nitrogens with one attached hydrogen (secondary N) is 2. The van der Waals surface area contributed by atoms with Crippen LogP contribution in [-0.2, 0) is 4.79 Å². The van der Waals surface area contributed by atoms with Crippen molar-refractivity contribution in [3.05, 3.63) is 53.2 Å². The molecule has 5 rings (SSSR count). The number of carbonyl (C=O) groups is 1. The van der Waals surface area contributed by atoms with Gasteiger partial charge in [-0.3, -0.25) is 9.69 Å². The molecule has 2 N–H and O–H groups in total. The van der Waals surface area contributed by atoms with E-state index in [-0.39, 0.29) is 5.91 Å². The summed E-state index contributed by atoms with van der Waals surface area (Å²) < 4.78 is 11.1. The minimum Gasteiger partial charge on any atom is -0.486 e. The molecule has 3 heterocycles. The van der Waals surface area contributed by atoms with Crippen molar-refractivity contribution in [2.24, 2.45) is 0 Å². The molecule has 30 heavy (non-hydrogen) atoms.